The molecule has 3 rings (SSSR count). The van der Waals surface area contributed by atoms with Crippen LogP contribution in [-0.2, 0) is 6.54 Å². The first-order valence-electron chi connectivity index (χ1n) is 9.80. The van der Waals surface area contributed by atoms with Crippen LogP contribution in [0.15, 0.2) is 36.1 Å². The number of allylic oxidation sites excluding steroid dienone is 1. The fourth-order valence-corrected chi connectivity index (χ4v) is 3.43. The van der Waals surface area contributed by atoms with Gasteiger partial charge in [0.15, 0.2) is 23.0 Å². The molecule has 154 valence electrons. The number of rotatable bonds is 8. The van der Waals surface area contributed by atoms with Crippen molar-refractivity contribution < 1.29 is 29.0 Å². The molecule has 2 aromatic carbocycles. The number of quaternary nitrogens is 1. The van der Waals surface area contributed by atoms with Gasteiger partial charge in [0.25, 0.3) is 0 Å². The molecule has 1 aliphatic heterocycles. The number of hydrogen-bond acceptors (Lipinski definition) is 5. The highest BCUT2D eigenvalue weighted by Crippen LogP contribution is 2.39. The largest absolute Gasteiger partial charge is 0.507 e. The smallest absolute Gasteiger partial charge is 0.231 e. The molecule has 0 radical (unpaired) electrons. The zero-order valence-corrected chi connectivity index (χ0v) is 17.4. The van der Waals surface area contributed by atoms with E-state index < -0.39 is 0 Å². The number of unbranched alkanes of at least 4 members (excludes halogenated alkanes) is 1. The van der Waals surface area contributed by atoms with Crippen LogP contribution in [0.5, 0.6) is 23.0 Å². The van der Waals surface area contributed by atoms with Gasteiger partial charge in [-0.25, -0.2) is 0 Å². The van der Waals surface area contributed by atoms with E-state index in [1.807, 2.05) is 6.07 Å². The van der Waals surface area contributed by atoms with Crippen LogP contribution in [0.4, 0.5) is 0 Å². The number of phenols is 1. The van der Waals surface area contributed by atoms with Crippen molar-refractivity contribution in [3.8, 4) is 23.0 Å². The summed E-state index contributed by atoms with van der Waals surface area (Å²) in [4.78, 5) is 14.1. The van der Waals surface area contributed by atoms with Crippen molar-refractivity contribution in [2.75, 3.05) is 27.8 Å². The SMILES string of the molecule is CCCC[NH+](C)Cc1c(O)ccc2c1OC(=Cc1ccc(OC)c(OC)c1)C2=O. The molecule has 0 aromatic heterocycles. The molecule has 0 spiro atoms. The van der Waals surface area contributed by atoms with E-state index in [9.17, 15) is 9.90 Å². The Hall–Kier alpha value is -2.99. The van der Waals surface area contributed by atoms with E-state index >= 15 is 0 Å². The lowest BCUT2D eigenvalue weighted by molar-refractivity contribution is -0.894. The molecule has 2 N–H and O–H groups in total. The summed E-state index contributed by atoms with van der Waals surface area (Å²) in [5.41, 5.74) is 1.91. The second-order valence-corrected chi connectivity index (χ2v) is 7.23. The molecule has 2 aromatic rings. The lowest BCUT2D eigenvalue weighted by Crippen LogP contribution is -3.07. The molecule has 0 aliphatic carbocycles. The minimum Gasteiger partial charge on any atom is -0.507 e. The number of aromatic hydroxyl groups is 1. The summed E-state index contributed by atoms with van der Waals surface area (Å²) in [6.45, 7) is 3.73. The average molecular weight is 398 g/mol. The quantitative estimate of drug-likeness (QED) is 0.670. The molecule has 0 fully saturated rings. The monoisotopic (exact) mass is 398 g/mol. The fourth-order valence-electron chi connectivity index (χ4n) is 3.43. The van der Waals surface area contributed by atoms with Gasteiger partial charge < -0.3 is 24.2 Å². The molecule has 0 amide bonds. The van der Waals surface area contributed by atoms with Crippen molar-refractivity contribution in [2.45, 2.75) is 26.3 Å². The van der Waals surface area contributed by atoms with Crippen LogP contribution in [0.1, 0.15) is 41.3 Å². The van der Waals surface area contributed by atoms with E-state index in [-0.39, 0.29) is 17.3 Å². The number of phenolic OH excluding ortho intramolecular Hbond substituents is 1. The van der Waals surface area contributed by atoms with Crippen molar-refractivity contribution in [3.63, 3.8) is 0 Å². The molecule has 0 saturated heterocycles. The Morgan fingerprint density at radius 2 is 1.90 bits per heavy atom. The second kappa shape index (κ2) is 9.01. The van der Waals surface area contributed by atoms with Gasteiger partial charge in [0.05, 0.1) is 38.9 Å². The van der Waals surface area contributed by atoms with E-state index in [0.717, 1.165) is 24.9 Å². The third kappa shape index (κ3) is 4.38. The second-order valence-electron chi connectivity index (χ2n) is 7.23. The number of methoxy groups -OCH3 is 2. The van der Waals surface area contributed by atoms with Gasteiger partial charge in [-0.05, 0) is 42.3 Å². The van der Waals surface area contributed by atoms with Crippen molar-refractivity contribution in [1.82, 2.24) is 0 Å². The predicted octanol–water partition coefficient (Wildman–Crippen LogP) is 2.84. The Labute approximate surface area is 171 Å². The van der Waals surface area contributed by atoms with Crippen LogP contribution in [0.25, 0.3) is 6.08 Å². The van der Waals surface area contributed by atoms with E-state index in [4.69, 9.17) is 14.2 Å². The summed E-state index contributed by atoms with van der Waals surface area (Å²) in [6.07, 6.45) is 3.90. The van der Waals surface area contributed by atoms with Crippen LogP contribution in [0.3, 0.4) is 0 Å². The lowest BCUT2D eigenvalue weighted by Gasteiger charge is -2.16. The number of benzene rings is 2. The Kier molecular flexibility index (Phi) is 6.44. The Morgan fingerprint density at radius 1 is 1.14 bits per heavy atom. The summed E-state index contributed by atoms with van der Waals surface area (Å²) in [6, 6.07) is 8.58. The predicted molar refractivity (Wildman–Crippen MR) is 111 cm³/mol. The fraction of sp³-hybridized carbons (Fsp3) is 0.348. The number of Topliss-reactive ketones (excluding diaryl/α,β-unsaturated/α-hetero) is 1. The van der Waals surface area contributed by atoms with E-state index in [1.54, 1.807) is 44.6 Å². The van der Waals surface area contributed by atoms with Crippen LogP contribution in [-0.4, -0.2) is 38.7 Å². The standard InChI is InChI=1S/C23H27NO5/c1-5-6-11-24(2)14-17-18(25)9-8-16-22(26)21(29-23(16)17)13-15-7-10-19(27-3)20(12-15)28-4/h7-10,12-13,25H,5-6,11,14H2,1-4H3/p+1. The van der Waals surface area contributed by atoms with E-state index in [1.165, 1.54) is 4.90 Å². The molecule has 0 bridgehead atoms. The minimum atomic E-state index is -0.192. The van der Waals surface area contributed by atoms with Crippen molar-refractivity contribution in [3.05, 3.63) is 52.8 Å². The highest BCUT2D eigenvalue weighted by Gasteiger charge is 2.32. The van der Waals surface area contributed by atoms with E-state index in [0.29, 0.717) is 34.9 Å². The van der Waals surface area contributed by atoms with Gasteiger partial charge in [0.1, 0.15) is 12.3 Å². The lowest BCUT2D eigenvalue weighted by atomic mass is 10.0. The zero-order valence-electron chi connectivity index (χ0n) is 17.4. The minimum absolute atomic E-state index is 0.153. The number of hydrogen-bond donors (Lipinski definition) is 2. The van der Waals surface area contributed by atoms with Crippen LogP contribution in [0.2, 0.25) is 0 Å². The van der Waals surface area contributed by atoms with Gasteiger partial charge in [-0.2, -0.15) is 0 Å². The third-order valence-corrected chi connectivity index (χ3v) is 5.06. The normalized spacial score (nSPS) is 15.2. The maximum atomic E-state index is 12.9. The molecule has 1 unspecified atom stereocenters. The number of fused-ring (bicyclic) bond motifs is 1. The first-order valence-corrected chi connectivity index (χ1v) is 9.80. The number of nitrogens with one attached hydrogen (secondary N) is 1. The molecule has 0 saturated carbocycles. The summed E-state index contributed by atoms with van der Waals surface area (Å²) in [7, 11) is 5.21. The van der Waals surface area contributed by atoms with Gasteiger partial charge in [-0.3, -0.25) is 4.79 Å². The zero-order chi connectivity index (χ0) is 21.0. The third-order valence-electron chi connectivity index (χ3n) is 5.06. The van der Waals surface area contributed by atoms with Crippen molar-refractivity contribution in [1.29, 1.82) is 0 Å². The molecule has 29 heavy (non-hydrogen) atoms. The first-order chi connectivity index (χ1) is 14.0. The first kappa shape index (κ1) is 20.7. The summed E-state index contributed by atoms with van der Waals surface area (Å²) in [5, 5.41) is 10.4. The topological polar surface area (TPSA) is 69.4 Å². The van der Waals surface area contributed by atoms with Crippen LogP contribution < -0.4 is 19.1 Å². The Bertz CT molecular complexity index is 935. The summed E-state index contributed by atoms with van der Waals surface area (Å²) < 4.78 is 16.5. The highest BCUT2D eigenvalue weighted by atomic mass is 16.5. The van der Waals surface area contributed by atoms with E-state index in [2.05, 4.69) is 14.0 Å². The molecular formula is C23H28NO5+. The van der Waals surface area contributed by atoms with Gasteiger partial charge in [0, 0.05) is 0 Å². The average Bonchev–Trinajstić information content (AvgIpc) is 3.04. The number of ketones is 1. The Morgan fingerprint density at radius 3 is 2.59 bits per heavy atom. The van der Waals surface area contributed by atoms with Gasteiger partial charge in [0.2, 0.25) is 5.78 Å². The van der Waals surface area contributed by atoms with Crippen LogP contribution in [0, 0.1) is 0 Å². The van der Waals surface area contributed by atoms with Crippen molar-refractivity contribution >= 4 is 11.9 Å². The van der Waals surface area contributed by atoms with Gasteiger partial charge in [-0.15, -0.1) is 0 Å². The van der Waals surface area contributed by atoms with Crippen molar-refractivity contribution in [2.24, 2.45) is 0 Å². The molecule has 1 aliphatic rings. The molecular weight excluding hydrogens is 370 g/mol. The van der Waals surface area contributed by atoms with Crippen LogP contribution >= 0.6 is 0 Å². The summed E-state index contributed by atoms with van der Waals surface area (Å²) in [5.74, 6) is 1.83. The number of carbonyl (C=O) groups is 1. The van der Waals surface area contributed by atoms with Gasteiger partial charge >= 0.3 is 0 Å². The molecule has 6 heteroatoms. The van der Waals surface area contributed by atoms with Gasteiger partial charge in [-0.1, -0.05) is 19.4 Å². The highest BCUT2D eigenvalue weighted by molar-refractivity contribution is 6.15. The molecule has 1 heterocycles. The number of carbonyl (C=O) groups excluding carboxylic acids is 1. The number of ether oxygens (including phenoxy) is 3. The Balaban J connectivity index is 1.90. The summed E-state index contributed by atoms with van der Waals surface area (Å²) >= 11 is 0. The maximum absolute atomic E-state index is 12.9. The molecule has 1 atom stereocenters. The maximum Gasteiger partial charge on any atom is 0.231 e. The molecule has 6 nitrogen and oxygen atoms in total.